The van der Waals surface area contributed by atoms with Gasteiger partial charge in [0, 0.05) is 12.6 Å². The Hall–Kier alpha value is -0.710. The van der Waals surface area contributed by atoms with E-state index in [1.165, 1.54) is 0 Å². The fourth-order valence-electron chi connectivity index (χ4n) is 1.24. The van der Waals surface area contributed by atoms with E-state index in [4.69, 9.17) is 0 Å². The maximum Gasteiger partial charge on any atom is 0.315 e. The molecule has 0 aromatic heterocycles. The molecule has 1 aliphatic rings. The topological polar surface area (TPSA) is 41.1 Å². The molecule has 1 aliphatic heterocycles. The van der Waals surface area contributed by atoms with Crippen molar-refractivity contribution in [3.8, 4) is 0 Å². The first-order valence-corrected chi connectivity index (χ1v) is 3.99. The quantitative estimate of drug-likeness (QED) is 0.630. The number of hydrogen-bond donors (Lipinski definition) is 2. The minimum Gasteiger partial charge on any atom is -0.347 e. The van der Waals surface area contributed by atoms with Crippen molar-refractivity contribution in [2.24, 2.45) is 0 Å². The van der Waals surface area contributed by atoms with Gasteiger partial charge in [0.25, 0.3) is 5.91 Å². The van der Waals surface area contributed by atoms with E-state index in [-0.39, 0.29) is 6.04 Å². The highest BCUT2D eigenvalue weighted by Gasteiger charge is 2.20. The lowest BCUT2D eigenvalue weighted by molar-refractivity contribution is -0.132. The van der Waals surface area contributed by atoms with E-state index in [2.05, 4.69) is 10.6 Å². The van der Waals surface area contributed by atoms with E-state index in [9.17, 15) is 13.6 Å². The Morgan fingerprint density at radius 3 is 2.83 bits per heavy atom. The van der Waals surface area contributed by atoms with Crippen LogP contribution in [0.5, 0.6) is 0 Å². The van der Waals surface area contributed by atoms with E-state index in [1.807, 2.05) is 0 Å². The summed E-state index contributed by atoms with van der Waals surface area (Å²) >= 11 is 0. The second-order valence-corrected chi connectivity index (χ2v) is 2.85. The first kappa shape index (κ1) is 9.38. The standard InChI is InChI=1S/C7H12F2N2O/c8-6(9)7(12)11-5-2-1-3-10-4-5/h5-6,10H,1-4H2,(H,11,12)/t5-/m0/s1. The van der Waals surface area contributed by atoms with Crippen molar-refractivity contribution in [2.75, 3.05) is 13.1 Å². The average Bonchev–Trinajstić information content (AvgIpc) is 2.06. The van der Waals surface area contributed by atoms with E-state index in [0.717, 1.165) is 19.4 Å². The first-order chi connectivity index (χ1) is 5.70. The fraction of sp³-hybridized carbons (Fsp3) is 0.857. The lowest BCUT2D eigenvalue weighted by Gasteiger charge is -2.23. The molecule has 2 N–H and O–H groups in total. The summed E-state index contributed by atoms with van der Waals surface area (Å²) in [5, 5.41) is 5.29. The Bertz CT molecular complexity index is 157. The van der Waals surface area contributed by atoms with Crippen LogP contribution in [-0.4, -0.2) is 31.5 Å². The highest BCUT2D eigenvalue weighted by molar-refractivity contribution is 5.79. The number of alkyl halides is 2. The zero-order valence-electron chi connectivity index (χ0n) is 6.65. The molecule has 0 saturated carbocycles. The minimum absolute atomic E-state index is 0.125. The predicted octanol–water partition coefficient (Wildman–Crippen LogP) is 0.120. The number of hydrogen-bond acceptors (Lipinski definition) is 2. The number of carbonyl (C=O) groups excluding carboxylic acids is 1. The van der Waals surface area contributed by atoms with Gasteiger partial charge < -0.3 is 10.6 Å². The Balaban J connectivity index is 2.24. The molecule has 0 aromatic carbocycles. The van der Waals surface area contributed by atoms with Crippen molar-refractivity contribution in [2.45, 2.75) is 25.3 Å². The normalized spacial score (nSPS) is 24.1. The molecule has 1 atom stereocenters. The number of halogens is 2. The number of nitrogens with one attached hydrogen (secondary N) is 2. The molecule has 0 bridgehead atoms. The summed E-state index contributed by atoms with van der Waals surface area (Å²) in [4.78, 5) is 10.5. The van der Waals surface area contributed by atoms with E-state index >= 15 is 0 Å². The third kappa shape index (κ3) is 2.73. The number of carbonyl (C=O) groups is 1. The van der Waals surface area contributed by atoms with Gasteiger partial charge >= 0.3 is 6.43 Å². The Morgan fingerprint density at radius 1 is 1.58 bits per heavy atom. The highest BCUT2D eigenvalue weighted by atomic mass is 19.3. The van der Waals surface area contributed by atoms with Crippen LogP contribution in [0.25, 0.3) is 0 Å². The van der Waals surface area contributed by atoms with Crippen LogP contribution in [0.3, 0.4) is 0 Å². The zero-order valence-corrected chi connectivity index (χ0v) is 6.65. The van der Waals surface area contributed by atoms with Crippen LogP contribution in [-0.2, 0) is 4.79 Å². The van der Waals surface area contributed by atoms with Gasteiger partial charge in [0.2, 0.25) is 0 Å². The van der Waals surface area contributed by atoms with Gasteiger partial charge in [-0.15, -0.1) is 0 Å². The van der Waals surface area contributed by atoms with Crippen LogP contribution in [0.1, 0.15) is 12.8 Å². The van der Waals surface area contributed by atoms with Crippen LogP contribution >= 0.6 is 0 Å². The molecular formula is C7H12F2N2O. The Kier molecular flexibility index (Phi) is 3.40. The summed E-state index contributed by atoms with van der Waals surface area (Å²) in [7, 11) is 0. The molecule has 1 saturated heterocycles. The molecule has 3 nitrogen and oxygen atoms in total. The van der Waals surface area contributed by atoms with Crippen LogP contribution < -0.4 is 10.6 Å². The lowest BCUT2D eigenvalue weighted by Crippen LogP contribution is -2.47. The summed E-state index contributed by atoms with van der Waals surface area (Å²) in [6, 6.07) is -0.125. The van der Waals surface area contributed by atoms with Gasteiger partial charge in [0.1, 0.15) is 0 Å². The SMILES string of the molecule is O=C(N[C@H]1CCCNC1)C(F)F. The predicted molar refractivity (Wildman–Crippen MR) is 40.0 cm³/mol. The van der Waals surface area contributed by atoms with Crippen LogP contribution in [0, 0.1) is 0 Å². The number of piperidine rings is 1. The molecule has 5 heteroatoms. The van der Waals surface area contributed by atoms with Gasteiger partial charge in [-0.25, -0.2) is 0 Å². The van der Waals surface area contributed by atoms with Crippen molar-refractivity contribution >= 4 is 5.91 Å². The van der Waals surface area contributed by atoms with E-state index < -0.39 is 12.3 Å². The Morgan fingerprint density at radius 2 is 2.33 bits per heavy atom. The van der Waals surface area contributed by atoms with Crippen LogP contribution in [0.2, 0.25) is 0 Å². The smallest absolute Gasteiger partial charge is 0.315 e. The highest BCUT2D eigenvalue weighted by Crippen LogP contribution is 2.02. The Labute approximate surface area is 69.5 Å². The molecular weight excluding hydrogens is 166 g/mol. The van der Waals surface area contributed by atoms with Crippen molar-refractivity contribution < 1.29 is 13.6 Å². The van der Waals surface area contributed by atoms with Crippen molar-refractivity contribution in [3.05, 3.63) is 0 Å². The summed E-state index contributed by atoms with van der Waals surface area (Å²) in [5.74, 6) is -1.16. The largest absolute Gasteiger partial charge is 0.347 e. The van der Waals surface area contributed by atoms with Gasteiger partial charge in [-0.05, 0) is 19.4 Å². The van der Waals surface area contributed by atoms with Gasteiger partial charge in [-0.2, -0.15) is 8.78 Å². The van der Waals surface area contributed by atoms with Gasteiger partial charge in [0.15, 0.2) is 0 Å². The zero-order chi connectivity index (χ0) is 8.97. The van der Waals surface area contributed by atoms with E-state index in [0.29, 0.717) is 6.54 Å². The van der Waals surface area contributed by atoms with Crippen molar-refractivity contribution in [3.63, 3.8) is 0 Å². The molecule has 1 fully saturated rings. The summed E-state index contributed by atoms with van der Waals surface area (Å²) in [6.07, 6.45) is -1.19. The molecule has 0 aliphatic carbocycles. The monoisotopic (exact) mass is 178 g/mol. The van der Waals surface area contributed by atoms with Crippen molar-refractivity contribution in [1.29, 1.82) is 0 Å². The molecule has 0 unspecified atom stereocenters. The second-order valence-electron chi connectivity index (χ2n) is 2.85. The summed E-state index contributed by atoms with van der Waals surface area (Å²) < 4.78 is 23.5. The summed E-state index contributed by atoms with van der Waals surface area (Å²) in [6.45, 7) is 1.50. The number of rotatable bonds is 2. The van der Waals surface area contributed by atoms with Crippen molar-refractivity contribution in [1.82, 2.24) is 10.6 Å². The third-order valence-corrected chi connectivity index (χ3v) is 1.84. The molecule has 1 heterocycles. The lowest BCUT2D eigenvalue weighted by atomic mass is 10.1. The maximum absolute atomic E-state index is 11.8. The molecule has 12 heavy (non-hydrogen) atoms. The molecule has 70 valence electrons. The van der Waals surface area contributed by atoms with Crippen LogP contribution in [0.4, 0.5) is 8.78 Å². The molecule has 0 spiro atoms. The fourth-order valence-corrected chi connectivity index (χ4v) is 1.24. The third-order valence-electron chi connectivity index (χ3n) is 1.84. The molecule has 0 aromatic rings. The number of amides is 1. The second kappa shape index (κ2) is 4.35. The molecule has 0 radical (unpaired) electrons. The first-order valence-electron chi connectivity index (χ1n) is 3.99. The van der Waals surface area contributed by atoms with Gasteiger partial charge in [-0.1, -0.05) is 0 Å². The van der Waals surface area contributed by atoms with Gasteiger partial charge in [-0.3, -0.25) is 4.79 Å². The van der Waals surface area contributed by atoms with Gasteiger partial charge in [0.05, 0.1) is 0 Å². The van der Waals surface area contributed by atoms with Crippen LogP contribution in [0.15, 0.2) is 0 Å². The average molecular weight is 178 g/mol. The van der Waals surface area contributed by atoms with E-state index in [1.54, 1.807) is 0 Å². The maximum atomic E-state index is 11.8. The molecule has 1 rings (SSSR count). The minimum atomic E-state index is -2.90. The molecule has 1 amide bonds. The summed E-state index contributed by atoms with van der Waals surface area (Å²) in [5.41, 5.74) is 0.